The molecule has 24 heavy (non-hydrogen) atoms. The molecule has 0 unspecified atom stereocenters. The molecular formula is C17H23F2N3O2. The fraction of sp³-hybridized carbons (Fsp3) is 0.529. The molecule has 1 fully saturated rings. The van der Waals surface area contributed by atoms with Gasteiger partial charge >= 0.3 is 0 Å². The summed E-state index contributed by atoms with van der Waals surface area (Å²) in [4.78, 5) is 27.9. The van der Waals surface area contributed by atoms with Crippen molar-refractivity contribution in [1.82, 2.24) is 9.80 Å². The molecule has 0 spiro atoms. The number of benzene rings is 1. The van der Waals surface area contributed by atoms with E-state index in [2.05, 4.69) is 0 Å². The standard InChI is InChI=1S/C17H23F2N3O2/c1-17(2,3)14(20)16(24)22-8-6-21(7-9-22)15(23)11-4-5-12(18)13(19)10-11/h4-5,10,14H,6-9,20H2,1-3H3/t14-/m1/s1. The van der Waals surface area contributed by atoms with Crippen molar-refractivity contribution in [1.29, 1.82) is 0 Å². The van der Waals surface area contributed by atoms with Gasteiger partial charge in [0.2, 0.25) is 5.91 Å². The second-order valence-electron chi connectivity index (χ2n) is 7.09. The third kappa shape index (κ3) is 3.90. The van der Waals surface area contributed by atoms with Crippen LogP contribution < -0.4 is 5.73 Å². The molecule has 2 amide bonds. The Labute approximate surface area is 140 Å². The van der Waals surface area contributed by atoms with E-state index in [1.54, 1.807) is 4.90 Å². The first-order valence-electron chi connectivity index (χ1n) is 7.90. The van der Waals surface area contributed by atoms with E-state index in [9.17, 15) is 18.4 Å². The number of halogens is 2. The summed E-state index contributed by atoms with van der Waals surface area (Å²) >= 11 is 0. The molecule has 1 aliphatic rings. The maximum atomic E-state index is 13.3. The lowest BCUT2D eigenvalue weighted by Crippen LogP contribution is -2.56. The minimum absolute atomic E-state index is 0.0973. The molecule has 1 aromatic carbocycles. The van der Waals surface area contributed by atoms with E-state index in [1.165, 1.54) is 11.0 Å². The third-order valence-corrected chi connectivity index (χ3v) is 4.24. The second-order valence-corrected chi connectivity index (χ2v) is 7.09. The van der Waals surface area contributed by atoms with Gasteiger partial charge in [0.05, 0.1) is 6.04 Å². The van der Waals surface area contributed by atoms with Crippen LogP contribution in [0, 0.1) is 17.0 Å². The smallest absolute Gasteiger partial charge is 0.254 e. The van der Waals surface area contributed by atoms with Crippen molar-refractivity contribution in [2.75, 3.05) is 26.2 Å². The first-order valence-corrected chi connectivity index (χ1v) is 7.90. The van der Waals surface area contributed by atoms with Crippen molar-refractivity contribution < 1.29 is 18.4 Å². The van der Waals surface area contributed by atoms with Crippen molar-refractivity contribution in [2.45, 2.75) is 26.8 Å². The number of nitrogens with two attached hydrogens (primary N) is 1. The largest absolute Gasteiger partial charge is 0.338 e. The molecular weight excluding hydrogens is 316 g/mol. The lowest BCUT2D eigenvalue weighted by atomic mass is 9.86. The molecule has 0 radical (unpaired) electrons. The number of piperazine rings is 1. The molecule has 132 valence electrons. The van der Waals surface area contributed by atoms with E-state index in [-0.39, 0.29) is 22.8 Å². The number of hydrogen-bond donors (Lipinski definition) is 1. The maximum absolute atomic E-state index is 13.3. The molecule has 2 N–H and O–H groups in total. The summed E-state index contributed by atoms with van der Waals surface area (Å²) in [5, 5.41) is 0. The van der Waals surface area contributed by atoms with Crippen molar-refractivity contribution in [3.8, 4) is 0 Å². The van der Waals surface area contributed by atoms with E-state index in [1.807, 2.05) is 20.8 Å². The maximum Gasteiger partial charge on any atom is 0.254 e. The van der Waals surface area contributed by atoms with Crippen LogP contribution in [-0.2, 0) is 4.79 Å². The van der Waals surface area contributed by atoms with E-state index in [4.69, 9.17) is 5.73 Å². The number of amides is 2. The van der Waals surface area contributed by atoms with Crippen molar-refractivity contribution in [2.24, 2.45) is 11.1 Å². The minimum atomic E-state index is -1.05. The van der Waals surface area contributed by atoms with Crippen molar-refractivity contribution in [3.05, 3.63) is 35.4 Å². The molecule has 0 bridgehead atoms. The van der Waals surface area contributed by atoms with Crippen LogP contribution in [-0.4, -0.2) is 53.8 Å². The first-order chi connectivity index (χ1) is 11.1. The van der Waals surface area contributed by atoms with Gasteiger partial charge in [0.15, 0.2) is 11.6 Å². The van der Waals surface area contributed by atoms with E-state index >= 15 is 0 Å². The first kappa shape index (κ1) is 18.3. The highest BCUT2D eigenvalue weighted by Crippen LogP contribution is 2.20. The van der Waals surface area contributed by atoms with Crippen LogP contribution in [0.3, 0.4) is 0 Å². The summed E-state index contributed by atoms with van der Waals surface area (Å²) < 4.78 is 26.2. The third-order valence-electron chi connectivity index (χ3n) is 4.24. The Bertz CT molecular complexity index is 635. The van der Waals surface area contributed by atoms with Gasteiger partial charge in [0.25, 0.3) is 5.91 Å². The molecule has 1 aliphatic heterocycles. The zero-order valence-electron chi connectivity index (χ0n) is 14.2. The van der Waals surface area contributed by atoms with Crippen LogP contribution in [0.5, 0.6) is 0 Å². The molecule has 0 saturated carbocycles. The highest BCUT2D eigenvalue weighted by Gasteiger charge is 2.33. The molecule has 1 aromatic rings. The Hall–Kier alpha value is -2.02. The van der Waals surface area contributed by atoms with Crippen molar-refractivity contribution >= 4 is 11.8 Å². The summed E-state index contributed by atoms with van der Waals surface area (Å²) in [6.07, 6.45) is 0. The van der Waals surface area contributed by atoms with Crippen LogP contribution in [0.15, 0.2) is 18.2 Å². The summed E-state index contributed by atoms with van der Waals surface area (Å²) in [6.45, 7) is 7.12. The van der Waals surface area contributed by atoms with Gasteiger partial charge in [-0.3, -0.25) is 9.59 Å². The van der Waals surface area contributed by atoms with Gasteiger partial charge in [-0.05, 0) is 23.6 Å². The second kappa shape index (κ2) is 6.84. The Morgan fingerprint density at radius 1 is 1.04 bits per heavy atom. The monoisotopic (exact) mass is 339 g/mol. The SMILES string of the molecule is CC(C)(C)[C@H](N)C(=O)N1CCN(C(=O)c2ccc(F)c(F)c2)CC1. The normalized spacial score (nSPS) is 16.9. The Balaban J connectivity index is 1.98. The molecule has 0 aromatic heterocycles. The van der Waals surface area contributed by atoms with Crippen LogP contribution in [0.1, 0.15) is 31.1 Å². The number of nitrogens with zero attached hydrogens (tertiary/aromatic N) is 2. The van der Waals surface area contributed by atoms with E-state index in [0.717, 1.165) is 12.1 Å². The summed E-state index contributed by atoms with van der Waals surface area (Å²) in [5.41, 5.74) is 5.75. The van der Waals surface area contributed by atoms with Gasteiger partial charge in [-0.25, -0.2) is 8.78 Å². The number of carbonyl (C=O) groups excluding carboxylic acids is 2. The predicted octanol–water partition coefficient (Wildman–Crippen LogP) is 1.62. The summed E-state index contributed by atoms with van der Waals surface area (Å²) in [5.74, 6) is -2.55. The lowest BCUT2D eigenvalue weighted by molar-refractivity contribution is -0.136. The van der Waals surface area contributed by atoms with Crippen LogP contribution in [0.2, 0.25) is 0 Å². The fourth-order valence-corrected chi connectivity index (χ4v) is 2.51. The Morgan fingerprint density at radius 2 is 1.58 bits per heavy atom. The lowest BCUT2D eigenvalue weighted by Gasteiger charge is -2.38. The van der Waals surface area contributed by atoms with Gasteiger partial charge < -0.3 is 15.5 Å². The zero-order valence-corrected chi connectivity index (χ0v) is 14.2. The van der Waals surface area contributed by atoms with Gasteiger partial charge in [-0.2, -0.15) is 0 Å². The average Bonchev–Trinajstić information content (AvgIpc) is 2.54. The Morgan fingerprint density at radius 3 is 2.08 bits per heavy atom. The number of rotatable bonds is 2. The van der Waals surface area contributed by atoms with Crippen LogP contribution >= 0.6 is 0 Å². The number of carbonyl (C=O) groups is 2. The fourth-order valence-electron chi connectivity index (χ4n) is 2.51. The van der Waals surface area contributed by atoms with Gasteiger partial charge in [0.1, 0.15) is 0 Å². The predicted molar refractivity (Wildman–Crippen MR) is 86.3 cm³/mol. The summed E-state index contributed by atoms with van der Waals surface area (Å²) in [6, 6.07) is 2.48. The molecule has 1 saturated heterocycles. The van der Waals surface area contributed by atoms with E-state index in [0.29, 0.717) is 26.2 Å². The average molecular weight is 339 g/mol. The van der Waals surface area contributed by atoms with E-state index < -0.39 is 17.7 Å². The van der Waals surface area contributed by atoms with Crippen molar-refractivity contribution in [3.63, 3.8) is 0 Å². The van der Waals surface area contributed by atoms with Gasteiger partial charge in [0, 0.05) is 31.7 Å². The molecule has 2 rings (SSSR count). The number of hydrogen-bond acceptors (Lipinski definition) is 3. The molecule has 1 heterocycles. The molecule has 1 atom stereocenters. The minimum Gasteiger partial charge on any atom is -0.338 e. The highest BCUT2D eigenvalue weighted by molar-refractivity contribution is 5.94. The summed E-state index contributed by atoms with van der Waals surface area (Å²) in [7, 11) is 0. The molecule has 0 aliphatic carbocycles. The molecule has 5 nitrogen and oxygen atoms in total. The quantitative estimate of drug-likeness (QED) is 0.890. The topological polar surface area (TPSA) is 66.6 Å². The molecule has 7 heteroatoms. The van der Waals surface area contributed by atoms with Gasteiger partial charge in [-0.15, -0.1) is 0 Å². The zero-order chi connectivity index (χ0) is 18.1. The van der Waals surface area contributed by atoms with Crippen LogP contribution in [0.4, 0.5) is 8.78 Å². The Kier molecular flexibility index (Phi) is 5.22. The highest BCUT2D eigenvalue weighted by atomic mass is 19.2. The van der Waals surface area contributed by atoms with Gasteiger partial charge in [-0.1, -0.05) is 20.8 Å². The van der Waals surface area contributed by atoms with Crippen LogP contribution in [0.25, 0.3) is 0 Å².